The first kappa shape index (κ1) is 19.6. The lowest BCUT2D eigenvalue weighted by Crippen LogP contribution is -2.70. The summed E-state index contributed by atoms with van der Waals surface area (Å²) in [4.78, 5) is 0. The summed E-state index contributed by atoms with van der Waals surface area (Å²) in [6, 6.07) is -0.589. The summed E-state index contributed by atoms with van der Waals surface area (Å²) in [5, 5.41) is 0. The van der Waals surface area contributed by atoms with Crippen LogP contribution in [0.1, 0.15) is 26.7 Å². The van der Waals surface area contributed by atoms with E-state index in [-0.39, 0.29) is 33.3 Å². The van der Waals surface area contributed by atoms with Crippen LogP contribution in [0.4, 0.5) is 39.5 Å². The van der Waals surface area contributed by atoms with E-state index in [1.807, 2.05) is 0 Å². The smallest absolute Gasteiger partial charge is 0.381 e. The third-order valence-corrected chi connectivity index (χ3v) is 5.73. The van der Waals surface area contributed by atoms with Crippen molar-refractivity contribution in [2.24, 2.45) is 0 Å². The molecule has 131 valence electrons. The van der Waals surface area contributed by atoms with Crippen LogP contribution in [-0.4, -0.2) is 44.6 Å². The first-order chi connectivity index (χ1) is 9.61. The summed E-state index contributed by atoms with van der Waals surface area (Å²) >= 11 is 0. The second kappa shape index (κ2) is 5.57. The topological polar surface area (TPSA) is 9.23 Å². The minimum atomic E-state index is -6.58. The van der Waals surface area contributed by atoms with E-state index in [4.69, 9.17) is 0 Å². The Balaban J connectivity index is 3.24. The molecule has 1 saturated heterocycles. The zero-order chi connectivity index (χ0) is 17.6. The number of halogens is 9. The van der Waals surface area contributed by atoms with Gasteiger partial charge in [-0.3, -0.25) is 0 Å². The SMILES string of the molecule is CC(C)(F)C(F)(F)C(F)(F)C(F)(F)C(F)(F)[Si]1CCCCO1. The molecule has 0 aromatic heterocycles. The van der Waals surface area contributed by atoms with Crippen LogP contribution in [0, 0.1) is 0 Å². The molecule has 1 heterocycles. The minimum Gasteiger partial charge on any atom is -0.410 e. The molecule has 0 atom stereocenters. The normalized spacial score (nSPS) is 20.3. The lowest BCUT2D eigenvalue weighted by molar-refractivity contribution is -0.372. The Bertz CT molecular complexity index is 399. The Hall–Kier alpha value is -0.453. The average Bonchev–Trinajstić information content (AvgIpc) is 2.37. The lowest BCUT2D eigenvalue weighted by atomic mass is 9.92. The van der Waals surface area contributed by atoms with Crippen molar-refractivity contribution in [1.82, 2.24) is 0 Å². The molecule has 0 aliphatic carbocycles. The van der Waals surface area contributed by atoms with Gasteiger partial charge in [-0.25, -0.2) is 13.2 Å². The first-order valence-electron chi connectivity index (χ1n) is 6.30. The van der Waals surface area contributed by atoms with Crippen LogP contribution in [0.2, 0.25) is 6.04 Å². The van der Waals surface area contributed by atoms with Crippen molar-refractivity contribution >= 4 is 9.04 Å². The molecule has 0 aromatic carbocycles. The van der Waals surface area contributed by atoms with E-state index in [2.05, 4.69) is 4.43 Å². The van der Waals surface area contributed by atoms with Gasteiger partial charge < -0.3 is 4.43 Å². The molecule has 1 aliphatic heterocycles. The second-order valence-electron chi connectivity index (χ2n) is 5.50. The Kier molecular flexibility index (Phi) is 4.96. The minimum absolute atomic E-state index is 0.0382. The maximum absolute atomic E-state index is 13.7. The van der Waals surface area contributed by atoms with E-state index >= 15 is 0 Å². The Morgan fingerprint density at radius 2 is 1.23 bits per heavy atom. The molecule has 0 spiro atoms. The molecule has 0 saturated carbocycles. The quantitative estimate of drug-likeness (QED) is 0.513. The van der Waals surface area contributed by atoms with Crippen molar-refractivity contribution < 1.29 is 43.9 Å². The fourth-order valence-corrected chi connectivity index (χ4v) is 3.95. The van der Waals surface area contributed by atoms with Gasteiger partial charge >= 0.3 is 32.4 Å². The van der Waals surface area contributed by atoms with E-state index in [1.165, 1.54) is 0 Å². The van der Waals surface area contributed by atoms with Gasteiger partial charge in [-0.05, 0) is 26.3 Å². The summed E-state index contributed by atoms with van der Waals surface area (Å²) in [6.07, 6.45) is 0.316. The zero-order valence-corrected chi connectivity index (χ0v) is 12.6. The maximum Gasteiger partial charge on any atom is 0.381 e. The summed E-state index contributed by atoms with van der Waals surface area (Å²) in [5.74, 6) is -19.0. The average molecular weight is 361 g/mol. The Labute approximate surface area is 122 Å². The second-order valence-corrected chi connectivity index (χ2v) is 7.76. The third kappa shape index (κ3) is 2.74. The first-order valence-corrected chi connectivity index (χ1v) is 7.91. The van der Waals surface area contributed by atoms with Gasteiger partial charge in [0.25, 0.3) is 0 Å². The molecule has 11 heteroatoms. The van der Waals surface area contributed by atoms with E-state index in [0.29, 0.717) is 0 Å². The van der Waals surface area contributed by atoms with Crippen molar-refractivity contribution in [1.29, 1.82) is 0 Å². The molecule has 1 rings (SSSR count). The molecule has 0 unspecified atom stereocenters. The summed E-state index contributed by atoms with van der Waals surface area (Å²) < 4.78 is 126. The van der Waals surface area contributed by atoms with Crippen LogP contribution >= 0.6 is 0 Å². The maximum atomic E-state index is 13.7. The molecule has 0 aromatic rings. The number of hydrogen-bond acceptors (Lipinski definition) is 1. The van der Waals surface area contributed by atoms with Gasteiger partial charge in [-0.1, -0.05) is 6.42 Å². The fraction of sp³-hybridized carbons (Fsp3) is 1.00. The van der Waals surface area contributed by atoms with Gasteiger partial charge in [0.15, 0.2) is 5.67 Å². The van der Waals surface area contributed by atoms with Crippen molar-refractivity contribution in [2.75, 3.05) is 6.61 Å². The van der Waals surface area contributed by atoms with Crippen molar-refractivity contribution in [3.8, 4) is 0 Å². The van der Waals surface area contributed by atoms with Crippen molar-refractivity contribution in [3.05, 3.63) is 0 Å². The largest absolute Gasteiger partial charge is 0.410 e. The van der Waals surface area contributed by atoms with Gasteiger partial charge in [-0.2, -0.15) is 26.3 Å². The molecular weight excluding hydrogens is 347 g/mol. The summed E-state index contributed by atoms with van der Waals surface area (Å²) in [6.45, 7) is -0.502. The molecule has 0 bridgehead atoms. The number of rotatable bonds is 5. The molecule has 1 nitrogen and oxygen atoms in total. The van der Waals surface area contributed by atoms with Crippen molar-refractivity contribution in [2.45, 2.75) is 61.7 Å². The van der Waals surface area contributed by atoms with E-state index in [1.54, 1.807) is 0 Å². The van der Waals surface area contributed by atoms with Crippen LogP contribution in [0.5, 0.6) is 0 Å². The molecule has 0 N–H and O–H groups in total. The molecule has 1 fully saturated rings. The van der Waals surface area contributed by atoms with Gasteiger partial charge in [0.2, 0.25) is 0 Å². The van der Waals surface area contributed by atoms with Crippen LogP contribution in [0.15, 0.2) is 0 Å². The fourth-order valence-electron chi connectivity index (χ4n) is 1.85. The third-order valence-electron chi connectivity index (χ3n) is 3.35. The van der Waals surface area contributed by atoms with Crippen LogP contribution < -0.4 is 0 Å². The Morgan fingerprint density at radius 1 is 0.727 bits per heavy atom. The van der Waals surface area contributed by atoms with E-state index < -0.39 is 44.1 Å². The van der Waals surface area contributed by atoms with Gasteiger partial charge in [0.05, 0.1) is 0 Å². The molecule has 1 radical (unpaired) electrons. The highest BCUT2D eigenvalue weighted by molar-refractivity contribution is 6.55. The van der Waals surface area contributed by atoms with Gasteiger partial charge in [0.1, 0.15) is 0 Å². The molecule has 0 amide bonds. The van der Waals surface area contributed by atoms with Gasteiger partial charge in [0, 0.05) is 6.61 Å². The van der Waals surface area contributed by atoms with E-state index in [9.17, 15) is 39.5 Å². The molecular formula is C11H14F9OSi. The van der Waals surface area contributed by atoms with E-state index in [0.717, 1.165) is 0 Å². The molecule has 22 heavy (non-hydrogen) atoms. The zero-order valence-electron chi connectivity index (χ0n) is 11.6. The summed E-state index contributed by atoms with van der Waals surface area (Å²) in [5.41, 5.74) is -9.60. The number of alkyl halides is 9. The standard InChI is InChI=1S/C11H14F9OSi/c1-7(2,12)8(13,14)9(15,16)10(17,18)11(19,20)22-6-4-3-5-21-22/h3-6H2,1-2H3. The highest BCUT2D eigenvalue weighted by atomic mass is 28.3. The van der Waals surface area contributed by atoms with Crippen LogP contribution in [0.25, 0.3) is 0 Å². The Morgan fingerprint density at radius 3 is 1.59 bits per heavy atom. The highest BCUT2D eigenvalue weighted by Gasteiger charge is 2.85. The predicted octanol–water partition coefficient (Wildman–Crippen LogP) is 4.62. The predicted molar refractivity (Wildman–Crippen MR) is 60.7 cm³/mol. The van der Waals surface area contributed by atoms with Crippen molar-refractivity contribution in [3.63, 3.8) is 0 Å². The molecule has 1 aliphatic rings. The lowest BCUT2D eigenvalue weighted by Gasteiger charge is -2.42. The number of hydrogen-bond donors (Lipinski definition) is 0. The monoisotopic (exact) mass is 361 g/mol. The van der Waals surface area contributed by atoms with Crippen LogP contribution in [0.3, 0.4) is 0 Å². The van der Waals surface area contributed by atoms with Crippen LogP contribution in [-0.2, 0) is 4.43 Å². The highest BCUT2D eigenvalue weighted by Crippen LogP contribution is 2.57. The summed E-state index contributed by atoms with van der Waals surface area (Å²) in [7, 11) is -3.79. The van der Waals surface area contributed by atoms with Gasteiger partial charge in [-0.15, -0.1) is 0 Å².